The average molecular weight is 482 g/mol. The molecule has 1 N–H and O–H groups in total. The first-order valence-electron chi connectivity index (χ1n) is 10.4. The molecule has 2 heterocycles. The molecule has 1 saturated heterocycles. The predicted molar refractivity (Wildman–Crippen MR) is 122 cm³/mol. The Morgan fingerprint density at radius 3 is 2.48 bits per heavy atom. The van der Waals surface area contributed by atoms with Gasteiger partial charge < -0.3 is 4.90 Å². The van der Waals surface area contributed by atoms with Crippen molar-refractivity contribution in [2.75, 3.05) is 26.2 Å². The van der Waals surface area contributed by atoms with Gasteiger partial charge in [0.05, 0.1) is 10.0 Å². The Morgan fingerprint density at radius 1 is 1.03 bits per heavy atom. The van der Waals surface area contributed by atoms with Crippen molar-refractivity contribution in [1.29, 1.82) is 0 Å². The van der Waals surface area contributed by atoms with Crippen LogP contribution in [0.5, 0.6) is 0 Å². The zero-order valence-corrected chi connectivity index (χ0v) is 19.4. The van der Waals surface area contributed by atoms with Crippen LogP contribution in [0, 0.1) is 0 Å². The molecule has 2 aliphatic heterocycles. The summed E-state index contributed by atoms with van der Waals surface area (Å²) in [6.45, 7) is 3.30. The SMILES string of the molecule is O=C(CCNS(=O)(=O)c1c(Cl)cccc1Cl)N1CCC(N2CCc3ccccc3C2)C1. The molecule has 0 aliphatic carbocycles. The smallest absolute Gasteiger partial charge is 0.243 e. The molecular formula is C22H25Cl2N3O3S. The number of benzene rings is 2. The summed E-state index contributed by atoms with van der Waals surface area (Å²) in [5, 5.41) is 0.105. The van der Waals surface area contributed by atoms with Gasteiger partial charge in [0.2, 0.25) is 15.9 Å². The second-order valence-corrected chi connectivity index (χ2v) is 10.5. The van der Waals surface area contributed by atoms with Crippen LogP contribution in [-0.2, 0) is 27.8 Å². The first kappa shape index (κ1) is 22.6. The highest BCUT2D eigenvalue weighted by atomic mass is 35.5. The Morgan fingerprint density at radius 2 is 1.74 bits per heavy atom. The minimum atomic E-state index is -3.89. The molecule has 0 bridgehead atoms. The van der Waals surface area contributed by atoms with Gasteiger partial charge in [-0.1, -0.05) is 53.5 Å². The maximum absolute atomic E-state index is 12.6. The molecule has 2 aromatic carbocycles. The molecule has 4 rings (SSSR count). The number of amides is 1. The fourth-order valence-corrected chi connectivity index (χ4v) is 6.53. The van der Waals surface area contributed by atoms with E-state index < -0.39 is 10.0 Å². The van der Waals surface area contributed by atoms with Crippen LogP contribution in [0.25, 0.3) is 0 Å². The maximum atomic E-state index is 12.6. The van der Waals surface area contributed by atoms with E-state index in [0.29, 0.717) is 19.1 Å². The van der Waals surface area contributed by atoms with Crippen molar-refractivity contribution in [1.82, 2.24) is 14.5 Å². The van der Waals surface area contributed by atoms with Gasteiger partial charge in [0.1, 0.15) is 4.90 Å². The molecule has 31 heavy (non-hydrogen) atoms. The van der Waals surface area contributed by atoms with Gasteiger partial charge in [-0.3, -0.25) is 9.69 Å². The molecule has 2 aromatic rings. The number of sulfonamides is 1. The lowest BCUT2D eigenvalue weighted by Crippen LogP contribution is -2.42. The normalized spacial score (nSPS) is 19.4. The number of rotatable bonds is 6. The average Bonchev–Trinajstić information content (AvgIpc) is 3.23. The van der Waals surface area contributed by atoms with Gasteiger partial charge in [-0.25, -0.2) is 13.1 Å². The molecular weight excluding hydrogens is 457 g/mol. The first-order chi connectivity index (χ1) is 14.8. The molecule has 9 heteroatoms. The Labute approximate surface area is 193 Å². The van der Waals surface area contributed by atoms with Crippen molar-refractivity contribution >= 4 is 39.1 Å². The Bertz CT molecular complexity index is 1060. The third-order valence-electron chi connectivity index (χ3n) is 6.01. The Kier molecular flexibility index (Phi) is 6.89. The molecule has 1 amide bonds. The fourth-order valence-electron chi connectivity index (χ4n) is 4.36. The highest BCUT2D eigenvalue weighted by Crippen LogP contribution is 2.29. The van der Waals surface area contributed by atoms with Crippen LogP contribution in [-0.4, -0.2) is 56.3 Å². The number of nitrogens with zero attached hydrogens (tertiary/aromatic N) is 2. The number of hydrogen-bond donors (Lipinski definition) is 1. The highest BCUT2D eigenvalue weighted by molar-refractivity contribution is 7.89. The van der Waals surface area contributed by atoms with E-state index in [9.17, 15) is 13.2 Å². The lowest BCUT2D eigenvalue weighted by Gasteiger charge is -2.33. The van der Waals surface area contributed by atoms with E-state index in [0.717, 1.165) is 25.9 Å². The number of halogens is 2. The Hall–Kier alpha value is -1.64. The summed E-state index contributed by atoms with van der Waals surface area (Å²) in [6.07, 6.45) is 2.07. The molecule has 2 aliphatic rings. The topological polar surface area (TPSA) is 69.7 Å². The second kappa shape index (κ2) is 9.46. The van der Waals surface area contributed by atoms with Crippen LogP contribution in [0.3, 0.4) is 0 Å². The van der Waals surface area contributed by atoms with Crippen molar-refractivity contribution in [2.45, 2.75) is 36.7 Å². The van der Waals surface area contributed by atoms with E-state index in [1.807, 2.05) is 4.90 Å². The van der Waals surface area contributed by atoms with E-state index >= 15 is 0 Å². The van der Waals surface area contributed by atoms with Gasteiger partial charge in [0.25, 0.3) is 0 Å². The van der Waals surface area contributed by atoms with Crippen LogP contribution in [0.1, 0.15) is 24.0 Å². The van der Waals surface area contributed by atoms with Crippen molar-refractivity contribution < 1.29 is 13.2 Å². The van der Waals surface area contributed by atoms with Crippen LogP contribution >= 0.6 is 23.2 Å². The van der Waals surface area contributed by atoms with Crippen molar-refractivity contribution in [2.24, 2.45) is 0 Å². The van der Waals surface area contributed by atoms with Gasteiger partial charge in [0, 0.05) is 45.2 Å². The number of carbonyl (C=O) groups is 1. The summed E-state index contributed by atoms with van der Waals surface area (Å²) in [6, 6.07) is 13.4. The summed E-state index contributed by atoms with van der Waals surface area (Å²) in [5.74, 6) is -0.0483. The molecule has 0 radical (unpaired) electrons. The number of hydrogen-bond acceptors (Lipinski definition) is 4. The Balaban J connectivity index is 1.29. The third-order valence-corrected chi connectivity index (χ3v) is 8.43. The molecule has 0 saturated carbocycles. The van der Waals surface area contributed by atoms with E-state index in [4.69, 9.17) is 23.2 Å². The van der Waals surface area contributed by atoms with Crippen molar-refractivity contribution in [3.63, 3.8) is 0 Å². The lowest BCUT2D eigenvalue weighted by molar-refractivity contribution is -0.130. The summed E-state index contributed by atoms with van der Waals surface area (Å²) in [4.78, 5) is 16.8. The van der Waals surface area contributed by atoms with Crippen molar-refractivity contribution in [3.05, 3.63) is 63.6 Å². The zero-order chi connectivity index (χ0) is 22.0. The fraction of sp³-hybridized carbons (Fsp3) is 0.409. The molecule has 1 atom stereocenters. The standard InChI is InChI=1S/C22H25Cl2N3O3S/c23-19-6-3-7-20(24)22(19)31(29,30)25-11-8-21(28)27-13-10-18(15-27)26-12-9-16-4-1-2-5-17(16)14-26/h1-7,18,25H,8-15H2. The molecule has 6 nitrogen and oxygen atoms in total. The first-order valence-corrected chi connectivity index (χ1v) is 12.6. The number of nitrogens with one attached hydrogen (secondary N) is 1. The molecule has 0 aromatic heterocycles. The van der Waals surface area contributed by atoms with E-state index in [-0.39, 0.29) is 33.8 Å². The van der Waals surface area contributed by atoms with Crippen LogP contribution in [0.15, 0.2) is 47.4 Å². The molecule has 0 spiro atoms. The molecule has 1 unspecified atom stereocenters. The van der Waals surface area contributed by atoms with Gasteiger partial charge in [-0.05, 0) is 36.1 Å². The van der Waals surface area contributed by atoms with E-state index in [1.165, 1.54) is 23.3 Å². The maximum Gasteiger partial charge on any atom is 0.243 e. The third kappa shape index (κ3) is 5.07. The largest absolute Gasteiger partial charge is 0.341 e. The van der Waals surface area contributed by atoms with Gasteiger partial charge in [-0.15, -0.1) is 0 Å². The zero-order valence-electron chi connectivity index (χ0n) is 17.1. The van der Waals surface area contributed by atoms with Crippen LogP contribution in [0.4, 0.5) is 0 Å². The number of fused-ring (bicyclic) bond motifs is 1. The van der Waals surface area contributed by atoms with Crippen LogP contribution in [0.2, 0.25) is 10.0 Å². The summed E-state index contributed by atoms with van der Waals surface area (Å²) in [5.41, 5.74) is 2.78. The minimum Gasteiger partial charge on any atom is -0.341 e. The highest BCUT2D eigenvalue weighted by Gasteiger charge is 2.32. The quantitative estimate of drug-likeness (QED) is 0.686. The van der Waals surface area contributed by atoms with Gasteiger partial charge >= 0.3 is 0 Å². The molecule has 166 valence electrons. The summed E-state index contributed by atoms with van der Waals surface area (Å²) >= 11 is 12.0. The predicted octanol–water partition coefficient (Wildman–Crippen LogP) is 3.32. The lowest BCUT2D eigenvalue weighted by atomic mass is 9.98. The number of likely N-dealkylation sites (tertiary alicyclic amines) is 1. The van der Waals surface area contributed by atoms with E-state index in [2.05, 4.69) is 33.9 Å². The second-order valence-electron chi connectivity index (χ2n) is 7.97. The van der Waals surface area contributed by atoms with Gasteiger partial charge in [-0.2, -0.15) is 0 Å². The van der Waals surface area contributed by atoms with Crippen LogP contribution < -0.4 is 4.72 Å². The monoisotopic (exact) mass is 481 g/mol. The van der Waals surface area contributed by atoms with E-state index in [1.54, 1.807) is 6.07 Å². The van der Waals surface area contributed by atoms with Crippen molar-refractivity contribution in [3.8, 4) is 0 Å². The summed E-state index contributed by atoms with van der Waals surface area (Å²) in [7, 11) is -3.89. The minimum absolute atomic E-state index is 0.000967. The summed E-state index contributed by atoms with van der Waals surface area (Å²) < 4.78 is 27.5. The van der Waals surface area contributed by atoms with Gasteiger partial charge in [0.15, 0.2) is 0 Å². The number of carbonyl (C=O) groups excluding carboxylic acids is 1. The molecule has 1 fully saturated rings.